The van der Waals surface area contributed by atoms with Crippen LogP contribution in [0.1, 0.15) is 15.2 Å². The van der Waals surface area contributed by atoms with Crippen LogP contribution in [0.3, 0.4) is 0 Å². The van der Waals surface area contributed by atoms with Crippen molar-refractivity contribution in [3.05, 3.63) is 45.8 Å². The van der Waals surface area contributed by atoms with Crippen LogP contribution in [-0.2, 0) is 6.42 Å². The summed E-state index contributed by atoms with van der Waals surface area (Å²) in [5.74, 6) is -0.154. The van der Waals surface area contributed by atoms with Gasteiger partial charge < -0.3 is 16.4 Å². The fourth-order valence-corrected chi connectivity index (χ4v) is 2.84. The Morgan fingerprint density at radius 2 is 2.05 bits per heavy atom. The second kappa shape index (κ2) is 6.63. The van der Waals surface area contributed by atoms with E-state index in [4.69, 9.17) is 17.3 Å². The van der Waals surface area contributed by atoms with Crippen LogP contribution >= 0.6 is 22.9 Å². The molecular formula is C14H16ClN3OS. The highest BCUT2D eigenvalue weighted by molar-refractivity contribution is 7.18. The number of nitrogen functional groups attached to an aromatic ring is 1. The Bertz CT molecular complexity index is 595. The lowest BCUT2D eigenvalue weighted by Gasteiger charge is -2.03. The summed E-state index contributed by atoms with van der Waals surface area (Å²) >= 11 is 7.20. The van der Waals surface area contributed by atoms with Gasteiger partial charge in [0.25, 0.3) is 5.91 Å². The molecule has 2 aromatic rings. The van der Waals surface area contributed by atoms with E-state index in [0.717, 1.165) is 23.0 Å². The summed E-state index contributed by atoms with van der Waals surface area (Å²) in [6.07, 6.45) is 0.879. The Kier molecular flexibility index (Phi) is 4.87. The summed E-state index contributed by atoms with van der Waals surface area (Å²) in [7, 11) is 1.59. The monoisotopic (exact) mass is 309 g/mol. The zero-order chi connectivity index (χ0) is 14.5. The van der Waals surface area contributed by atoms with Gasteiger partial charge in [-0.2, -0.15) is 0 Å². The SMILES string of the molecule is CNC(=O)c1sc(NCCc2ccc(Cl)cc2)cc1N. The Labute approximate surface area is 126 Å². The maximum Gasteiger partial charge on any atom is 0.263 e. The molecule has 0 saturated heterocycles. The molecule has 2 rings (SSSR count). The van der Waals surface area contributed by atoms with E-state index in [1.54, 1.807) is 13.1 Å². The molecular weight excluding hydrogens is 294 g/mol. The molecule has 0 bridgehead atoms. The van der Waals surface area contributed by atoms with E-state index in [2.05, 4.69) is 10.6 Å². The number of hydrogen-bond acceptors (Lipinski definition) is 4. The molecule has 0 aliphatic rings. The molecule has 1 heterocycles. The normalized spacial score (nSPS) is 10.3. The highest BCUT2D eigenvalue weighted by Gasteiger charge is 2.12. The van der Waals surface area contributed by atoms with Gasteiger partial charge >= 0.3 is 0 Å². The first-order valence-corrected chi connectivity index (χ1v) is 7.39. The number of hydrogen-bond donors (Lipinski definition) is 3. The van der Waals surface area contributed by atoms with Gasteiger partial charge in [-0.05, 0) is 30.2 Å². The number of benzene rings is 1. The molecule has 1 amide bonds. The smallest absolute Gasteiger partial charge is 0.263 e. The van der Waals surface area contributed by atoms with E-state index in [1.807, 2.05) is 24.3 Å². The fraction of sp³-hybridized carbons (Fsp3) is 0.214. The van der Waals surface area contributed by atoms with E-state index in [1.165, 1.54) is 16.9 Å². The van der Waals surface area contributed by atoms with Crippen molar-refractivity contribution in [2.75, 3.05) is 24.6 Å². The van der Waals surface area contributed by atoms with Crippen LogP contribution in [0.25, 0.3) is 0 Å². The molecule has 0 aliphatic heterocycles. The number of thiophene rings is 1. The molecule has 0 aliphatic carbocycles. The van der Waals surface area contributed by atoms with E-state index in [9.17, 15) is 4.79 Å². The molecule has 1 aromatic carbocycles. The van der Waals surface area contributed by atoms with Crippen molar-refractivity contribution in [2.45, 2.75) is 6.42 Å². The van der Waals surface area contributed by atoms with Crippen LogP contribution in [0.4, 0.5) is 10.7 Å². The Balaban J connectivity index is 1.91. The molecule has 6 heteroatoms. The number of carbonyl (C=O) groups is 1. The highest BCUT2D eigenvalue weighted by Crippen LogP contribution is 2.28. The topological polar surface area (TPSA) is 67.2 Å². The van der Waals surface area contributed by atoms with E-state index in [0.29, 0.717) is 10.6 Å². The van der Waals surface area contributed by atoms with Gasteiger partial charge in [0.15, 0.2) is 0 Å². The number of nitrogens with two attached hydrogens (primary N) is 1. The summed E-state index contributed by atoms with van der Waals surface area (Å²) < 4.78 is 0. The second-order valence-corrected chi connectivity index (χ2v) is 5.77. The van der Waals surface area contributed by atoms with Gasteiger partial charge in [-0.15, -0.1) is 11.3 Å². The Morgan fingerprint density at radius 3 is 2.70 bits per heavy atom. The third-order valence-corrected chi connectivity index (χ3v) is 4.18. The average molecular weight is 310 g/mol. The third-order valence-electron chi connectivity index (χ3n) is 2.82. The average Bonchev–Trinajstić information content (AvgIpc) is 2.81. The lowest BCUT2D eigenvalue weighted by molar-refractivity contribution is 0.0968. The van der Waals surface area contributed by atoms with Gasteiger partial charge in [-0.3, -0.25) is 4.79 Å². The lowest BCUT2D eigenvalue weighted by Crippen LogP contribution is -2.17. The molecule has 106 valence electrons. The quantitative estimate of drug-likeness (QED) is 0.795. The molecule has 0 unspecified atom stereocenters. The predicted molar refractivity (Wildman–Crippen MR) is 85.8 cm³/mol. The predicted octanol–water partition coefficient (Wildman–Crippen LogP) is 3.00. The Hall–Kier alpha value is -1.72. The van der Waals surface area contributed by atoms with Crippen molar-refractivity contribution in [1.82, 2.24) is 5.32 Å². The summed E-state index contributed by atoms with van der Waals surface area (Å²) in [6, 6.07) is 9.55. The fourth-order valence-electron chi connectivity index (χ4n) is 1.76. The summed E-state index contributed by atoms with van der Waals surface area (Å²) in [5, 5.41) is 7.48. The first kappa shape index (κ1) is 14.7. The molecule has 20 heavy (non-hydrogen) atoms. The van der Waals surface area contributed by atoms with Gasteiger partial charge in [-0.25, -0.2) is 0 Å². The second-order valence-electron chi connectivity index (χ2n) is 4.28. The van der Waals surface area contributed by atoms with E-state index < -0.39 is 0 Å². The number of halogens is 1. The summed E-state index contributed by atoms with van der Waals surface area (Å²) in [5.41, 5.74) is 7.52. The van der Waals surface area contributed by atoms with Crippen LogP contribution in [0.2, 0.25) is 5.02 Å². The zero-order valence-electron chi connectivity index (χ0n) is 11.1. The number of carbonyl (C=O) groups excluding carboxylic acids is 1. The number of rotatable bonds is 5. The lowest BCUT2D eigenvalue weighted by atomic mass is 10.1. The van der Waals surface area contributed by atoms with Gasteiger partial charge in [0.05, 0.1) is 10.7 Å². The maximum absolute atomic E-state index is 11.6. The van der Waals surface area contributed by atoms with Crippen molar-refractivity contribution in [3.8, 4) is 0 Å². The van der Waals surface area contributed by atoms with Crippen LogP contribution in [0.5, 0.6) is 0 Å². The molecule has 0 atom stereocenters. The molecule has 0 fully saturated rings. The number of anilines is 2. The summed E-state index contributed by atoms with van der Waals surface area (Å²) in [6.45, 7) is 0.773. The van der Waals surface area contributed by atoms with E-state index >= 15 is 0 Å². The molecule has 0 spiro atoms. The first-order chi connectivity index (χ1) is 9.60. The van der Waals surface area contributed by atoms with Crippen LogP contribution in [-0.4, -0.2) is 19.5 Å². The Morgan fingerprint density at radius 1 is 1.35 bits per heavy atom. The third kappa shape index (κ3) is 3.65. The highest BCUT2D eigenvalue weighted by atomic mass is 35.5. The first-order valence-electron chi connectivity index (χ1n) is 6.20. The molecule has 4 nitrogen and oxygen atoms in total. The maximum atomic E-state index is 11.6. The minimum Gasteiger partial charge on any atom is -0.397 e. The molecule has 1 aromatic heterocycles. The number of nitrogens with one attached hydrogen (secondary N) is 2. The van der Waals surface area contributed by atoms with Crippen molar-refractivity contribution in [2.24, 2.45) is 0 Å². The van der Waals surface area contributed by atoms with Crippen molar-refractivity contribution in [3.63, 3.8) is 0 Å². The van der Waals surface area contributed by atoms with Crippen LogP contribution in [0, 0.1) is 0 Å². The van der Waals surface area contributed by atoms with Crippen molar-refractivity contribution < 1.29 is 4.79 Å². The van der Waals surface area contributed by atoms with Gasteiger partial charge in [0.2, 0.25) is 0 Å². The van der Waals surface area contributed by atoms with Gasteiger partial charge in [-0.1, -0.05) is 23.7 Å². The minimum atomic E-state index is -0.154. The summed E-state index contributed by atoms with van der Waals surface area (Å²) in [4.78, 5) is 12.1. The van der Waals surface area contributed by atoms with Crippen LogP contribution in [0.15, 0.2) is 30.3 Å². The molecule has 0 saturated carbocycles. The van der Waals surface area contributed by atoms with Crippen LogP contribution < -0.4 is 16.4 Å². The van der Waals surface area contributed by atoms with Gasteiger partial charge in [0, 0.05) is 18.6 Å². The standard InChI is InChI=1S/C14H16ClN3OS/c1-17-14(19)13-11(16)8-12(20-13)18-7-6-9-2-4-10(15)5-3-9/h2-5,8,18H,6-7,16H2,1H3,(H,17,19). The number of amides is 1. The van der Waals surface area contributed by atoms with Crippen molar-refractivity contribution in [1.29, 1.82) is 0 Å². The molecule has 0 radical (unpaired) electrons. The minimum absolute atomic E-state index is 0.154. The van der Waals surface area contributed by atoms with Crippen molar-refractivity contribution >= 4 is 39.5 Å². The molecule has 4 N–H and O–H groups in total. The van der Waals surface area contributed by atoms with Gasteiger partial charge in [0.1, 0.15) is 4.88 Å². The zero-order valence-corrected chi connectivity index (χ0v) is 12.6. The largest absolute Gasteiger partial charge is 0.397 e. The van der Waals surface area contributed by atoms with E-state index in [-0.39, 0.29) is 5.91 Å².